The van der Waals surface area contributed by atoms with Crippen LogP contribution in [-0.4, -0.2) is 192 Å². The zero-order valence-corrected chi connectivity index (χ0v) is 57.3. The summed E-state index contributed by atoms with van der Waals surface area (Å²) < 4.78 is 58.0. The van der Waals surface area contributed by atoms with Crippen molar-refractivity contribution in [3.8, 4) is 23.0 Å². The number of methoxy groups -OCH3 is 10. The van der Waals surface area contributed by atoms with E-state index >= 15 is 0 Å². The van der Waals surface area contributed by atoms with Crippen molar-refractivity contribution >= 4 is 81.9 Å². The summed E-state index contributed by atoms with van der Waals surface area (Å²) in [4.78, 5) is 74.4. The van der Waals surface area contributed by atoms with Gasteiger partial charge in [0.25, 0.3) is 17.4 Å². The number of nitro groups is 2. The minimum atomic E-state index is -1.67. The summed E-state index contributed by atoms with van der Waals surface area (Å²) in [5.41, 5.74) is 17.6. The molecule has 0 bridgehead atoms. The predicted molar refractivity (Wildman–Crippen MR) is 349 cm³/mol. The molecule has 0 atom stereocenters. The molecule has 0 fully saturated rings. The maximum Gasteiger partial charge on any atom is 0.335 e. The Hall–Kier alpha value is -7.76. The van der Waals surface area contributed by atoms with Gasteiger partial charge in [-0.05, 0) is 85.7 Å². The van der Waals surface area contributed by atoms with Gasteiger partial charge in [-0.2, -0.15) is 0 Å². The molecule has 0 aliphatic heterocycles. The first kappa shape index (κ1) is 91.7. The number of aromatic carboxylic acids is 1. The molecule has 4 aromatic carbocycles. The number of carboxylic acids is 1. The number of carboxylic acid groups (broad SMARTS) is 1. The van der Waals surface area contributed by atoms with Crippen molar-refractivity contribution < 1.29 is 112 Å². The molecule has 36 heteroatoms. The average Bonchev–Trinajstić information content (AvgIpc) is 0.890. The van der Waals surface area contributed by atoms with Crippen LogP contribution in [0.5, 0.6) is 23.0 Å². The van der Waals surface area contributed by atoms with Crippen LogP contribution in [0, 0.1) is 20.2 Å². The smallest absolute Gasteiger partial charge is 0.335 e. The van der Waals surface area contributed by atoms with E-state index in [4.69, 9.17) is 84.4 Å². The summed E-state index contributed by atoms with van der Waals surface area (Å²) in [5, 5.41) is 48.5. The van der Waals surface area contributed by atoms with Gasteiger partial charge in [-0.1, -0.05) is 26.8 Å². The number of nitrogen functional groups attached to an aromatic ring is 2. The number of amides is 2. The van der Waals surface area contributed by atoms with Crippen LogP contribution in [0.15, 0.2) is 114 Å². The topological polar surface area (TPSA) is 459 Å². The van der Waals surface area contributed by atoms with Crippen LogP contribution < -0.4 is 52.3 Å². The summed E-state index contributed by atoms with van der Waals surface area (Å²) in [6, 6.07) is 23.0. The Morgan fingerprint density at radius 2 is 0.989 bits per heavy atom. The van der Waals surface area contributed by atoms with Gasteiger partial charge in [0, 0.05) is 145 Å². The number of hydrogen-bond donors (Lipinski definition) is 9. The van der Waals surface area contributed by atoms with Crippen molar-refractivity contribution in [2.45, 2.75) is 39.6 Å². The van der Waals surface area contributed by atoms with Crippen LogP contribution >= 0.6 is 21.4 Å². The third kappa shape index (κ3) is 38.8. The van der Waals surface area contributed by atoms with E-state index in [0.717, 1.165) is 23.6 Å². The molecule has 0 saturated carbocycles. The van der Waals surface area contributed by atoms with Gasteiger partial charge in [-0.3, -0.25) is 50.1 Å². The molecule has 32 nitrogen and oxygen atoms in total. The summed E-state index contributed by atoms with van der Waals surface area (Å²) in [6.45, 7) is 11.0. The number of carbonyl (C=O) groups excluding carboxylic acids is 2. The average molecular weight is 1470 g/mol. The Morgan fingerprint density at radius 3 is 1.30 bits per heavy atom. The van der Waals surface area contributed by atoms with E-state index in [1.165, 1.54) is 94.7 Å². The van der Waals surface area contributed by atoms with Crippen LogP contribution in [0.1, 0.15) is 51.8 Å². The maximum absolute atomic E-state index is 11.9. The number of H-pyrrole nitrogens is 1. The Bertz CT molecular complexity index is 3070. The molecule has 0 radical (unpaired) electrons. The molecule has 0 saturated heterocycles. The number of nitro benzene ring substituents is 2. The maximum atomic E-state index is 11.9. The van der Waals surface area contributed by atoms with Gasteiger partial charge in [-0.25, -0.2) is 9.00 Å². The van der Waals surface area contributed by atoms with Crippen molar-refractivity contribution in [3.05, 3.63) is 157 Å². The van der Waals surface area contributed by atoms with Crippen LogP contribution in [0.4, 0.5) is 22.7 Å². The minimum Gasteiger partial charge on any atom is -0.495 e. The van der Waals surface area contributed by atoms with Gasteiger partial charge in [0.15, 0.2) is 30.4 Å². The Kier molecular flexibility index (Phi) is 55.0. The largest absolute Gasteiger partial charge is 0.495 e. The van der Waals surface area contributed by atoms with E-state index in [2.05, 4.69) is 67.6 Å². The first-order valence-corrected chi connectivity index (χ1v) is 29.4. The van der Waals surface area contributed by atoms with Crippen molar-refractivity contribution in [3.63, 3.8) is 0 Å². The molecule has 12 N–H and O–H groups in total. The minimum absolute atomic E-state index is 0. The van der Waals surface area contributed by atoms with Crippen LogP contribution in [0.25, 0.3) is 10.8 Å². The number of anilines is 2. The zero-order chi connectivity index (χ0) is 70.7. The second-order valence-electron chi connectivity index (χ2n) is 16.7. The fourth-order valence-corrected chi connectivity index (χ4v) is 6.55. The van der Waals surface area contributed by atoms with Gasteiger partial charge in [0.2, 0.25) is 9.23 Å². The van der Waals surface area contributed by atoms with E-state index in [0.29, 0.717) is 40.4 Å². The number of aromatic nitrogens is 2. The number of nitrogens with zero attached hydrogens (tertiary/aromatic N) is 4. The molecule has 6 rings (SSSR count). The van der Waals surface area contributed by atoms with Crippen molar-refractivity contribution in [2.24, 2.45) is 5.73 Å². The molecule has 524 valence electrons. The van der Waals surface area contributed by atoms with Gasteiger partial charge >= 0.3 is 17.3 Å². The second-order valence-corrected chi connectivity index (χ2v) is 19.2. The number of aromatic amines is 1. The molecule has 0 spiro atoms. The number of fused-ring (bicyclic) bond motifs is 1. The molecule has 0 aliphatic rings. The third-order valence-corrected chi connectivity index (χ3v) is 11.4. The number of benzene rings is 4. The second kappa shape index (κ2) is 55.8. The number of nitrogens with two attached hydrogens (primary N) is 3. The molecule has 93 heavy (non-hydrogen) atoms. The SMILES string of the molecule is CCN(CC)CC.COC(CN)OC.COc1cc(C(=O)NCC(OC)OC)ccc1N.COc1cc(C(=O)NCC(OC)OC)ccc1[N+](=O)[O-].COc1cc(C(=O)O)ccc1[N+](=O)[O-].COc1cc2c(=O)[nH]ccc2cc1N.O=S(Cl)Cl.OO.[Pd].c1ccncc1. The quantitative estimate of drug-likeness (QED) is 0.00590. The fraction of sp³-hybridized carbons (Fsp3) is 0.386. The number of hydrogen-bond acceptors (Lipinski definition) is 26. The van der Waals surface area contributed by atoms with E-state index in [1.807, 2.05) is 18.2 Å². The zero-order valence-electron chi connectivity index (χ0n) is 53.5. The van der Waals surface area contributed by atoms with E-state index in [-0.39, 0.29) is 85.3 Å². The Labute approximate surface area is 563 Å². The first-order valence-electron chi connectivity index (χ1n) is 26.6. The monoisotopic (exact) mass is 1470 g/mol. The Morgan fingerprint density at radius 1 is 0.613 bits per heavy atom. The number of rotatable bonds is 23. The number of carbonyl (C=O) groups is 3. The molecule has 2 amide bonds. The van der Waals surface area contributed by atoms with Crippen LogP contribution in [0.2, 0.25) is 0 Å². The van der Waals surface area contributed by atoms with Gasteiger partial charge in [0.1, 0.15) is 11.5 Å². The van der Waals surface area contributed by atoms with Crippen LogP contribution in [-0.2, 0) is 58.1 Å². The molecule has 2 aromatic heterocycles. The van der Waals surface area contributed by atoms with E-state index in [1.54, 1.807) is 69.2 Å². The third-order valence-electron chi connectivity index (χ3n) is 11.4. The number of ether oxygens (including phenoxy) is 10. The van der Waals surface area contributed by atoms with E-state index in [9.17, 15) is 39.4 Å². The van der Waals surface area contributed by atoms with Gasteiger partial charge < -0.3 is 90.2 Å². The van der Waals surface area contributed by atoms with Gasteiger partial charge in [0.05, 0.1) is 73.7 Å². The standard InChI is InChI=1S/C12H16N2O6.C12H18N2O4.C10H10N2O2.C8H7NO5.C6H15N.C5H5N.C4H11NO2.Cl2OS.H2O2.Pd/c1-18-10-6-8(4-5-9(10)14(16)17)12(15)13-7-11(19-2)20-3;1-16-10-6-8(4-5-9(10)13)12(15)14-7-11(17-2)18-3;1-14-9-5-7-6(4-8(9)11)2-3-12-10(7)13;1-14-7-4-5(8(10)11)2-3-6(7)9(12)13;1-4-7(5-2)6-3;1-2-4-6-5-3-1;1-6-4(3-5)7-2;1-4(2)3;1-2;/h4-6,11H,7H2,1-3H3,(H,13,15);4-6,11H,7,13H2,1-3H3,(H,14,15);2-5H,11H2,1H3,(H,12,13);2-4H,1H3,(H,10,11);4-6H2,1-3H3;1-5H;4H,3,5H2,1-2H3;;1-2H;. The predicted octanol–water partition coefficient (Wildman–Crippen LogP) is 7.05. The molecule has 0 aliphatic carbocycles. The number of nitrogens with one attached hydrogen (secondary N) is 3. The summed E-state index contributed by atoms with van der Waals surface area (Å²) in [5.74, 6) is -0.845. The van der Waals surface area contributed by atoms with Crippen molar-refractivity contribution in [2.75, 3.05) is 122 Å². The summed E-state index contributed by atoms with van der Waals surface area (Å²) in [7, 11) is 22.0. The molecule has 0 unspecified atom stereocenters. The van der Waals surface area contributed by atoms with Crippen LogP contribution in [0.3, 0.4) is 0 Å². The summed E-state index contributed by atoms with van der Waals surface area (Å²) in [6.07, 6.45) is 3.83. The van der Waals surface area contributed by atoms with Crippen molar-refractivity contribution in [1.82, 2.24) is 25.5 Å². The molecule has 2 heterocycles. The molecule has 6 aromatic rings. The fourth-order valence-electron chi connectivity index (χ4n) is 6.55. The Balaban J connectivity index is -0.000000505. The number of pyridine rings is 2. The summed E-state index contributed by atoms with van der Waals surface area (Å²) >= 11 is 0. The number of halogens is 2. The molecular weight excluding hydrogens is 1390 g/mol. The normalized spacial score (nSPS) is 9.75. The van der Waals surface area contributed by atoms with Gasteiger partial charge in [-0.15, -0.1) is 0 Å². The van der Waals surface area contributed by atoms with Crippen molar-refractivity contribution in [1.29, 1.82) is 0 Å². The van der Waals surface area contributed by atoms with E-state index < -0.39 is 43.5 Å². The first-order chi connectivity index (χ1) is 43.8. The molecular formula is C57H84Cl2N10O22PdS.